The highest BCUT2D eigenvalue weighted by molar-refractivity contribution is 6.31. The summed E-state index contributed by atoms with van der Waals surface area (Å²) in [4.78, 5) is 26.8. The molecule has 1 aliphatic rings. The lowest BCUT2D eigenvalue weighted by atomic mass is 10.0. The van der Waals surface area contributed by atoms with Crippen molar-refractivity contribution in [1.29, 1.82) is 0 Å². The van der Waals surface area contributed by atoms with Crippen LogP contribution in [-0.4, -0.2) is 30.2 Å². The van der Waals surface area contributed by atoms with Crippen LogP contribution in [0.5, 0.6) is 11.5 Å². The number of nitrogens with zero attached hydrogens (tertiary/aromatic N) is 1. The fourth-order valence-electron chi connectivity index (χ4n) is 3.86. The topological polar surface area (TPSA) is 88.1 Å². The second kappa shape index (κ2) is 9.61. The van der Waals surface area contributed by atoms with E-state index in [-0.39, 0.29) is 23.8 Å². The Labute approximate surface area is 200 Å². The molecule has 0 aliphatic carbocycles. The molecule has 0 fully saturated rings. The normalized spacial score (nSPS) is 15.8. The van der Waals surface area contributed by atoms with Gasteiger partial charge in [0.2, 0.25) is 0 Å². The van der Waals surface area contributed by atoms with E-state index in [1.165, 1.54) is 42.3 Å². The van der Waals surface area contributed by atoms with Gasteiger partial charge in [-0.15, -0.1) is 0 Å². The van der Waals surface area contributed by atoms with E-state index in [2.05, 4.69) is 5.32 Å². The molecular weight excluding hydrogens is 463 g/mol. The number of carbonyl (C=O) groups excluding carboxylic acids is 1. The molecule has 3 aromatic carbocycles. The molecule has 0 spiro atoms. The average Bonchev–Trinajstić information content (AvgIpc) is 2.83. The summed E-state index contributed by atoms with van der Waals surface area (Å²) >= 11 is 6.37. The van der Waals surface area contributed by atoms with Crippen LogP contribution in [0.1, 0.15) is 35.4 Å². The van der Waals surface area contributed by atoms with Crippen molar-refractivity contribution >= 4 is 34.9 Å². The van der Waals surface area contributed by atoms with Crippen molar-refractivity contribution in [2.45, 2.75) is 25.6 Å². The molecular formula is C25H22ClFN2O5. The molecule has 1 amide bonds. The Morgan fingerprint density at radius 2 is 1.91 bits per heavy atom. The summed E-state index contributed by atoms with van der Waals surface area (Å²) in [6, 6.07) is 15.6. The van der Waals surface area contributed by atoms with E-state index in [0.29, 0.717) is 27.5 Å². The van der Waals surface area contributed by atoms with Gasteiger partial charge in [0.25, 0.3) is 5.91 Å². The van der Waals surface area contributed by atoms with Gasteiger partial charge in [-0.3, -0.25) is 9.69 Å². The van der Waals surface area contributed by atoms with Crippen LogP contribution in [-0.2, 0) is 4.79 Å². The third-order valence-electron chi connectivity index (χ3n) is 5.50. The number of rotatable bonds is 7. The first kappa shape index (κ1) is 23.4. The van der Waals surface area contributed by atoms with Crippen LogP contribution in [0.15, 0.2) is 60.7 Å². The summed E-state index contributed by atoms with van der Waals surface area (Å²) in [5.74, 6) is -1.56. The van der Waals surface area contributed by atoms with Crippen molar-refractivity contribution in [3.8, 4) is 11.5 Å². The van der Waals surface area contributed by atoms with E-state index < -0.39 is 24.1 Å². The van der Waals surface area contributed by atoms with Gasteiger partial charge in [0.05, 0.1) is 12.7 Å². The summed E-state index contributed by atoms with van der Waals surface area (Å²) in [6.45, 7) is 1.68. The van der Waals surface area contributed by atoms with Crippen molar-refractivity contribution in [2.24, 2.45) is 0 Å². The molecule has 7 nitrogen and oxygen atoms in total. The highest BCUT2D eigenvalue weighted by atomic mass is 35.5. The van der Waals surface area contributed by atoms with E-state index in [1.807, 2.05) is 0 Å². The minimum absolute atomic E-state index is 0.137. The molecule has 4 rings (SSSR count). The smallest absolute Gasteiger partial charge is 0.344 e. The van der Waals surface area contributed by atoms with E-state index in [0.717, 1.165) is 0 Å². The van der Waals surface area contributed by atoms with E-state index in [9.17, 15) is 19.1 Å². The van der Waals surface area contributed by atoms with Crippen LogP contribution in [0.3, 0.4) is 0 Å². The van der Waals surface area contributed by atoms with Gasteiger partial charge in [0.15, 0.2) is 17.6 Å². The number of hydrogen-bond acceptors (Lipinski definition) is 5. The summed E-state index contributed by atoms with van der Waals surface area (Å²) in [5.41, 5.74) is 1.81. The van der Waals surface area contributed by atoms with Gasteiger partial charge < -0.3 is 19.9 Å². The molecule has 0 saturated heterocycles. The molecule has 2 atom stereocenters. The molecule has 176 valence electrons. The number of carbonyl (C=O) groups is 2. The minimum atomic E-state index is -1.15. The lowest BCUT2D eigenvalue weighted by Crippen LogP contribution is -2.43. The largest absolute Gasteiger partial charge is 0.493 e. The zero-order valence-corrected chi connectivity index (χ0v) is 19.2. The molecule has 0 radical (unpaired) electrons. The summed E-state index contributed by atoms with van der Waals surface area (Å²) in [7, 11) is 1.41. The van der Waals surface area contributed by atoms with Crippen LogP contribution in [0.25, 0.3) is 0 Å². The Balaban J connectivity index is 1.92. The number of ether oxygens (including phenoxy) is 2. The first-order valence-electron chi connectivity index (χ1n) is 10.6. The number of para-hydroxylation sites is 1. The monoisotopic (exact) mass is 484 g/mol. The molecule has 34 heavy (non-hydrogen) atoms. The van der Waals surface area contributed by atoms with Gasteiger partial charge in [0, 0.05) is 28.0 Å². The van der Waals surface area contributed by atoms with Crippen molar-refractivity contribution in [3.63, 3.8) is 0 Å². The standard InChI is InChI=1S/C25H22ClFN2O5/c1-3-20(25(31)32)34-22-18(12-14(26)13-21(22)33-2)23-28-19-7-5-4-6-17(19)24(30)29(23)16-10-8-15(27)9-11-16/h4-13,20,23,28H,3H2,1-2H3,(H,31,32). The highest BCUT2D eigenvalue weighted by Gasteiger charge is 2.37. The summed E-state index contributed by atoms with van der Waals surface area (Å²) in [5, 5.41) is 13.2. The summed E-state index contributed by atoms with van der Waals surface area (Å²) < 4.78 is 25.0. The van der Waals surface area contributed by atoms with Gasteiger partial charge in [0.1, 0.15) is 12.0 Å². The molecule has 2 N–H and O–H groups in total. The van der Waals surface area contributed by atoms with Gasteiger partial charge in [-0.05, 0) is 48.9 Å². The molecule has 2 unspecified atom stereocenters. The molecule has 9 heteroatoms. The Morgan fingerprint density at radius 3 is 2.56 bits per heavy atom. The molecule has 3 aromatic rings. The lowest BCUT2D eigenvalue weighted by Gasteiger charge is -2.39. The number of carboxylic acid groups (broad SMARTS) is 1. The Kier molecular flexibility index (Phi) is 6.61. The number of halogens is 2. The SMILES string of the molecule is CCC(Oc1c(OC)cc(Cl)cc1C1Nc2ccccc2C(=O)N1c1ccc(F)cc1)C(=O)O. The molecule has 0 bridgehead atoms. The lowest BCUT2D eigenvalue weighted by molar-refractivity contribution is -0.145. The number of aliphatic carboxylic acids is 1. The van der Waals surface area contributed by atoms with Crippen molar-refractivity contribution in [3.05, 3.63) is 82.6 Å². The second-order valence-electron chi connectivity index (χ2n) is 7.62. The molecule has 0 saturated carbocycles. The maximum atomic E-state index is 13.7. The Morgan fingerprint density at radius 1 is 1.21 bits per heavy atom. The van der Waals surface area contributed by atoms with Crippen molar-refractivity contribution in [2.75, 3.05) is 17.3 Å². The second-order valence-corrected chi connectivity index (χ2v) is 8.06. The number of amides is 1. The van der Waals surface area contributed by atoms with Gasteiger partial charge in [-0.2, -0.15) is 0 Å². The number of carboxylic acids is 1. The quantitative estimate of drug-likeness (QED) is 0.460. The van der Waals surface area contributed by atoms with E-state index >= 15 is 0 Å². The number of nitrogens with one attached hydrogen (secondary N) is 1. The van der Waals surface area contributed by atoms with Crippen LogP contribution in [0.2, 0.25) is 5.02 Å². The number of hydrogen-bond donors (Lipinski definition) is 2. The zero-order valence-electron chi connectivity index (χ0n) is 18.4. The predicted octanol–water partition coefficient (Wildman–Crippen LogP) is 5.50. The highest BCUT2D eigenvalue weighted by Crippen LogP contribution is 2.44. The van der Waals surface area contributed by atoms with Gasteiger partial charge in [-0.25, -0.2) is 9.18 Å². The molecule has 0 aromatic heterocycles. The van der Waals surface area contributed by atoms with E-state index in [1.54, 1.807) is 37.3 Å². The minimum Gasteiger partial charge on any atom is -0.493 e. The Bertz CT molecular complexity index is 1230. The maximum absolute atomic E-state index is 13.7. The van der Waals surface area contributed by atoms with Crippen LogP contribution >= 0.6 is 11.6 Å². The first-order valence-corrected chi connectivity index (χ1v) is 10.9. The average molecular weight is 485 g/mol. The zero-order chi connectivity index (χ0) is 24.4. The maximum Gasteiger partial charge on any atom is 0.344 e. The van der Waals surface area contributed by atoms with E-state index in [4.69, 9.17) is 21.1 Å². The van der Waals surface area contributed by atoms with Crippen LogP contribution in [0, 0.1) is 5.82 Å². The van der Waals surface area contributed by atoms with Crippen molar-refractivity contribution < 1.29 is 28.6 Å². The molecule has 1 aliphatic heterocycles. The van der Waals surface area contributed by atoms with Crippen molar-refractivity contribution in [1.82, 2.24) is 0 Å². The number of anilines is 2. The number of fused-ring (bicyclic) bond motifs is 1. The first-order chi connectivity index (χ1) is 16.3. The van der Waals surface area contributed by atoms with Crippen LogP contribution < -0.4 is 19.7 Å². The third kappa shape index (κ3) is 4.36. The number of benzene rings is 3. The Hall–Kier alpha value is -3.78. The fraction of sp³-hybridized carbons (Fsp3) is 0.200. The summed E-state index contributed by atoms with van der Waals surface area (Å²) in [6.07, 6.45) is -1.82. The molecule has 1 heterocycles. The van der Waals surface area contributed by atoms with Crippen LogP contribution in [0.4, 0.5) is 15.8 Å². The van der Waals surface area contributed by atoms with Gasteiger partial charge in [-0.1, -0.05) is 30.7 Å². The van der Waals surface area contributed by atoms with Gasteiger partial charge >= 0.3 is 5.97 Å². The number of methoxy groups -OCH3 is 1. The fourth-order valence-corrected chi connectivity index (χ4v) is 4.08. The predicted molar refractivity (Wildman–Crippen MR) is 126 cm³/mol. The third-order valence-corrected chi connectivity index (χ3v) is 5.72.